The minimum atomic E-state index is -0.125. The molecule has 1 unspecified atom stereocenters. The highest BCUT2D eigenvalue weighted by molar-refractivity contribution is 9.10. The van der Waals surface area contributed by atoms with Gasteiger partial charge in [-0.1, -0.05) is 30.3 Å². The quantitative estimate of drug-likeness (QED) is 0.882. The first-order valence-electron chi connectivity index (χ1n) is 6.37. The van der Waals surface area contributed by atoms with E-state index >= 15 is 0 Å². The molecule has 2 aromatic rings. The topological polar surface area (TPSA) is 68.0 Å². The van der Waals surface area contributed by atoms with Gasteiger partial charge in [0.25, 0.3) is 0 Å². The van der Waals surface area contributed by atoms with Crippen molar-refractivity contribution in [1.82, 2.24) is 4.98 Å². The molecular formula is C15H16BrN3O. The SMILES string of the molecule is NC(CCC(=O)Nc1ccc(Br)cn1)c1ccccc1. The number of hydrogen-bond donors (Lipinski definition) is 2. The van der Waals surface area contributed by atoms with Crippen LogP contribution in [0, 0.1) is 0 Å². The standard InChI is InChI=1S/C15H16BrN3O/c16-12-6-8-14(18-10-12)19-15(20)9-7-13(17)11-4-2-1-3-5-11/h1-6,8,10,13H,7,9,17H2,(H,18,19,20). The van der Waals surface area contributed by atoms with Gasteiger partial charge in [0.15, 0.2) is 0 Å². The summed E-state index contributed by atoms with van der Waals surface area (Å²) >= 11 is 3.30. The van der Waals surface area contributed by atoms with Crippen LogP contribution < -0.4 is 11.1 Å². The van der Waals surface area contributed by atoms with Crippen LogP contribution >= 0.6 is 15.9 Å². The molecule has 0 bridgehead atoms. The van der Waals surface area contributed by atoms with Crippen LogP contribution in [-0.2, 0) is 4.79 Å². The number of anilines is 1. The fourth-order valence-corrected chi connectivity index (χ4v) is 2.04. The third kappa shape index (κ3) is 4.43. The van der Waals surface area contributed by atoms with Gasteiger partial charge in [-0.3, -0.25) is 4.79 Å². The maximum Gasteiger partial charge on any atom is 0.225 e. The summed E-state index contributed by atoms with van der Waals surface area (Å²) < 4.78 is 0.876. The van der Waals surface area contributed by atoms with Crippen molar-refractivity contribution in [3.63, 3.8) is 0 Å². The summed E-state index contributed by atoms with van der Waals surface area (Å²) in [5.74, 6) is 0.470. The van der Waals surface area contributed by atoms with Crippen LogP contribution in [0.1, 0.15) is 24.4 Å². The molecular weight excluding hydrogens is 318 g/mol. The number of nitrogens with zero attached hydrogens (tertiary/aromatic N) is 1. The smallest absolute Gasteiger partial charge is 0.225 e. The molecule has 0 saturated carbocycles. The zero-order chi connectivity index (χ0) is 14.4. The average molecular weight is 334 g/mol. The van der Waals surface area contributed by atoms with Gasteiger partial charge in [-0.05, 0) is 40.0 Å². The molecule has 1 aromatic carbocycles. The molecule has 1 atom stereocenters. The fourth-order valence-electron chi connectivity index (χ4n) is 1.81. The van der Waals surface area contributed by atoms with Crippen molar-refractivity contribution in [2.75, 3.05) is 5.32 Å². The highest BCUT2D eigenvalue weighted by Crippen LogP contribution is 2.16. The van der Waals surface area contributed by atoms with Gasteiger partial charge >= 0.3 is 0 Å². The lowest BCUT2D eigenvalue weighted by Crippen LogP contribution is -2.17. The number of hydrogen-bond acceptors (Lipinski definition) is 3. The number of carbonyl (C=O) groups excluding carboxylic acids is 1. The lowest BCUT2D eigenvalue weighted by atomic mass is 10.0. The normalized spacial score (nSPS) is 11.9. The molecule has 4 nitrogen and oxygen atoms in total. The Balaban J connectivity index is 1.82. The Kier molecular flexibility index (Phi) is 5.26. The van der Waals surface area contributed by atoms with Gasteiger partial charge in [-0.25, -0.2) is 4.98 Å². The third-order valence-corrected chi connectivity index (χ3v) is 3.37. The lowest BCUT2D eigenvalue weighted by Gasteiger charge is -2.11. The highest BCUT2D eigenvalue weighted by Gasteiger charge is 2.09. The predicted molar refractivity (Wildman–Crippen MR) is 83.2 cm³/mol. The number of pyridine rings is 1. The van der Waals surface area contributed by atoms with Crippen molar-refractivity contribution in [3.8, 4) is 0 Å². The van der Waals surface area contributed by atoms with Crippen LogP contribution in [0.25, 0.3) is 0 Å². The van der Waals surface area contributed by atoms with Crippen LogP contribution in [0.2, 0.25) is 0 Å². The predicted octanol–water partition coefficient (Wildman–Crippen LogP) is 3.26. The van der Waals surface area contributed by atoms with Gasteiger partial charge in [-0.15, -0.1) is 0 Å². The molecule has 1 aromatic heterocycles. The lowest BCUT2D eigenvalue weighted by molar-refractivity contribution is -0.116. The van der Waals surface area contributed by atoms with Gasteiger partial charge in [0.05, 0.1) is 0 Å². The van der Waals surface area contributed by atoms with Gasteiger partial charge in [0.1, 0.15) is 5.82 Å². The van der Waals surface area contributed by atoms with Crippen molar-refractivity contribution in [3.05, 3.63) is 58.7 Å². The number of amides is 1. The van der Waals surface area contributed by atoms with Crippen molar-refractivity contribution in [2.24, 2.45) is 5.73 Å². The first kappa shape index (κ1) is 14.7. The van der Waals surface area contributed by atoms with Gasteiger partial charge in [0, 0.05) is 23.1 Å². The van der Waals surface area contributed by atoms with E-state index < -0.39 is 0 Å². The van der Waals surface area contributed by atoms with Crippen LogP contribution in [0.5, 0.6) is 0 Å². The van der Waals surface area contributed by atoms with Crippen LogP contribution in [0.4, 0.5) is 5.82 Å². The first-order chi connectivity index (χ1) is 9.65. The van der Waals surface area contributed by atoms with E-state index in [0.29, 0.717) is 18.7 Å². The molecule has 1 heterocycles. The average Bonchev–Trinajstić information content (AvgIpc) is 2.48. The van der Waals surface area contributed by atoms with E-state index in [2.05, 4.69) is 26.2 Å². The number of halogens is 1. The Morgan fingerprint density at radius 2 is 2.00 bits per heavy atom. The second-order valence-electron chi connectivity index (χ2n) is 4.47. The molecule has 20 heavy (non-hydrogen) atoms. The highest BCUT2D eigenvalue weighted by atomic mass is 79.9. The number of nitrogens with two attached hydrogens (primary N) is 1. The summed E-state index contributed by atoms with van der Waals surface area (Å²) in [6.45, 7) is 0. The van der Waals surface area contributed by atoms with Crippen LogP contribution in [0.15, 0.2) is 53.1 Å². The molecule has 0 aliphatic heterocycles. The summed E-state index contributed by atoms with van der Waals surface area (Å²) in [5.41, 5.74) is 7.10. The number of benzene rings is 1. The molecule has 0 fully saturated rings. The fraction of sp³-hybridized carbons (Fsp3) is 0.200. The summed E-state index contributed by atoms with van der Waals surface area (Å²) in [6, 6.07) is 13.2. The van der Waals surface area contributed by atoms with E-state index in [1.807, 2.05) is 36.4 Å². The molecule has 3 N–H and O–H groups in total. The van der Waals surface area contributed by atoms with E-state index in [1.165, 1.54) is 0 Å². The number of rotatable bonds is 5. The van der Waals surface area contributed by atoms with Gasteiger partial charge in [0.2, 0.25) is 5.91 Å². The molecule has 5 heteroatoms. The molecule has 0 spiro atoms. The Labute approximate surface area is 126 Å². The minimum Gasteiger partial charge on any atom is -0.324 e. The molecule has 0 aliphatic carbocycles. The third-order valence-electron chi connectivity index (χ3n) is 2.91. The maximum absolute atomic E-state index is 11.8. The van der Waals surface area contributed by atoms with Crippen molar-refractivity contribution in [1.29, 1.82) is 0 Å². The largest absolute Gasteiger partial charge is 0.324 e. The van der Waals surface area contributed by atoms with Crippen LogP contribution in [0.3, 0.4) is 0 Å². The molecule has 2 rings (SSSR count). The Bertz CT molecular complexity index is 557. The molecule has 104 valence electrons. The second kappa shape index (κ2) is 7.17. The van der Waals surface area contributed by atoms with Crippen molar-refractivity contribution < 1.29 is 4.79 Å². The summed E-state index contributed by atoms with van der Waals surface area (Å²) in [4.78, 5) is 15.9. The van der Waals surface area contributed by atoms with Crippen molar-refractivity contribution in [2.45, 2.75) is 18.9 Å². The number of nitrogens with one attached hydrogen (secondary N) is 1. The molecule has 0 saturated heterocycles. The molecule has 1 amide bonds. The van der Waals surface area contributed by atoms with E-state index in [9.17, 15) is 4.79 Å². The zero-order valence-electron chi connectivity index (χ0n) is 10.9. The number of aromatic nitrogens is 1. The molecule has 0 aliphatic rings. The summed E-state index contributed by atoms with van der Waals surface area (Å²) in [7, 11) is 0. The Morgan fingerprint density at radius 1 is 1.25 bits per heavy atom. The monoisotopic (exact) mass is 333 g/mol. The first-order valence-corrected chi connectivity index (χ1v) is 7.16. The molecule has 0 radical (unpaired) electrons. The van der Waals surface area contributed by atoms with E-state index in [0.717, 1.165) is 10.0 Å². The second-order valence-corrected chi connectivity index (χ2v) is 5.38. The van der Waals surface area contributed by atoms with E-state index in [4.69, 9.17) is 5.73 Å². The Hall–Kier alpha value is -1.72. The maximum atomic E-state index is 11.8. The zero-order valence-corrected chi connectivity index (χ0v) is 12.5. The van der Waals surface area contributed by atoms with Gasteiger partial charge < -0.3 is 11.1 Å². The summed E-state index contributed by atoms with van der Waals surface area (Å²) in [6.07, 6.45) is 2.62. The van der Waals surface area contributed by atoms with E-state index in [-0.39, 0.29) is 11.9 Å². The van der Waals surface area contributed by atoms with E-state index in [1.54, 1.807) is 12.3 Å². The van der Waals surface area contributed by atoms with Crippen LogP contribution in [-0.4, -0.2) is 10.9 Å². The van der Waals surface area contributed by atoms with Gasteiger partial charge in [-0.2, -0.15) is 0 Å². The minimum absolute atomic E-state index is 0.0776. The number of carbonyl (C=O) groups is 1. The Morgan fingerprint density at radius 3 is 2.65 bits per heavy atom. The van der Waals surface area contributed by atoms with Crippen molar-refractivity contribution >= 4 is 27.7 Å². The summed E-state index contributed by atoms with van der Waals surface area (Å²) in [5, 5.41) is 2.75.